The van der Waals surface area contributed by atoms with Gasteiger partial charge in [0.15, 0.2) is 9.84 Å². The van der Waals surface area contributed by atoms with Crippen molar-refractivity contribution in [2.45, 2.75) is 24.5 Å². The highest BCUT2D eigenvalue weighted by Crippen LogP contribution is 2.32. The van der Waals surface area contributed by atoms with Gasteiger partial charge in [-0.2, -0.15) is 18.4 Å². The highest BCUT2D eigenvalue weighted by molar-refractivity contribution is 7.90. The molecule has 0 unspecified atom stereocenters. The molecule has 36 heavy (non-hydrogen) atoms. The molecular weight excluding hydrogens is 495 g/mol. The van der Waals surface area contributed by atoms with E-state index in [9.17, 15) is 31.2 Å². The Morgan fingerprint density at radius 3 is 2.36 bits per heavy atom. The van der Waals surface area contributed by atoms with Crippen LogP contribution in [0.3, 0.4) is 0 Å². The number of halogens is 3. The number of nitriles is 1. The van der Waals surface area contributed by atoms with Crippen molar-refractivity contribution >= 4 is 15.7 Å². The van der Waals surface area contributed by atoms with E-state index in [1.807, 2.05) is 6.07 Å². The third-order valence-electron chi connectivity index (χ3n) is 5.60. The van der Waals surface area contributed by atoms with Gasteiger partial charge in [-0.15, -0.1) is 0 Å². The van der Waals surface area contributed by atoms with Crippen molar-refractivity contribution in [2.75, 3.05) is 20.4 Å². The second-order valence-corrected chi connectivity index (χ2v) is 10.4. The maximum atomic E-state index is 13.4. The van der Waals surface area contributed by atoms with Crippen LogP contribution in [0.2, 0.25) is 0 Å². The van der Waals surface area contributed by atoms with Crippen LogP contribution in [0.5, 0.6) is 0 Å². The first kappa shape index (κ1) is 26.7. The van der Waals surface area contributed by atoms with Crippen molar-refractivity contribution in [3.8, 4) is 17.2 Å². The molecule has 0 aliphatic carbocycles. The summed E-state index contributed by atoms with van der Waals surface area (Å²) in [6.45, 7) is 1.38. The van der Waals surface area contributed by atoms with Crippen LogP contribution in [0.1, 0.15) is 32.7 Å². The SMILES string of the molecule is Cc1c(-c2cccc(C(F)(F)F)c2)c(=O)c(C(=O)N(C)C)cn1Cc1ccc(C#N)cc1S(C)(=O)=O. The number of carbonyl (C=O) groups is 1. The maximum Gasteiger partial charge on any atom is 0.416 e. The van der Waals surface area contributed by atoms with Gasteiger partial charge in [-0.1, -0.05) is 18.2 Å². The molecule has 1 amide bonds. The monoisotopic (exact) mass is 517 g/mol. The first-order chi connectivity index (χ1) is 16.6. The number of sulfone groups is 1. The quantitative estimate of drug-likeness (QED) is 0.512. The molecule has 11 heteroatoms. The Hall–Kier alpha value is -3.91. The van der Waals surface area contributed by atoms with Gasteiger partial charge in [0.25, 0.3) is 5.91 Å². The van der Waals surface area contributed by atoms with Gasteiger partial charge in [-0.3, -0.25) is 9.59 Å². The zero-order chi connectivity index (χ0) is 27.0. The maximum absolute atomic E-state index is 13.4. The number of carbonyl (C=O) groups excluding carboxylic acids is 1. The second kappa shape index (κ2) is 9.62. The van der Waals surface area contributed by atoms with Crippen molar-refractivity contribution in [2.24, 2.45) is 0 Å². The Balaban J connectivity index is 2.33. The predicted octanol–water partition coefficient (Wildman–Crippen LogP) is 3.87. The molecule has 0 aliphatic heterocycles. The topological polar surface area (TPSA) is 100 Å². The van der Waals surface area contributed by atoms with E-state index in [4.69, 9.17) is 5.26 Å². The van der Waals surface area contributed by atoms with Crippen LogP contribution < -0.4 is 5.43 Å². The Labute approximate surface area is 205 Å². The highest BCUT2D eigenvalue weighted by Gasteiger charge is 2.31. The number of alkyl halides is 3. The molecule has 2 aromatic carbocycles. The minimum Gasteiger partial charge on any atom is -0.346 e. The molecule has 0 N–H and O–H groups in total. The molecule has 3 aromatic rings. The largest absolute Gasteiger partial charge is 0.416 e. The first-order valence-corrected chi connectivity index (χ1v) is 12.4. The smallest absolute Gasteiger partial charge is 0.346 e. The number of hydrogen-bond donors (Lipinski definition) is 0. The Bertz CT molecular complexity index is 1570. The Morgan fingerprint density at radius 2 is 1.81 bits per heavy atom. The van der Waals surface area contributed by atoms with E-state index < -0.39 is 32.9 Å². The number of benzene rings is 2. The fraction of sp³-hybridized carbons (Fsp3) is 0.240. The molecule has 1 aromatic heterocycles. The normalized spacial score (nSPS) is 11.7. The van der Waals surface area contributed by atoms with Crippen LogP contribution in [0.25, 0.3) is 11.1 Å². The second-order valence-electron chi connectivity index (χ2n) is 8.44. The van der Waals surface area contributed by atoms with Crippen LogP contribution in [0, 0.1) is 18.3 Å². The third kappa shape index (κ3) is 5.33. The number of hydrogen-bond acceptors (Lipinski definition) is 5. The fourth-order valence-electron chi connectivity index (χ4n) is 3.79. The molecule has 0 radical (unpaired) electrons. The zero-order valence-corrected chi connectivity index (χ0v) is 20.7. The molecule has 0 spiro atoms. The van der Waals surface area contributed by atoms with Gasteiger partial charge >= 0.3 is 6.18 Å². The molecule has 3 rings (SSSR count). The first-order valence-electron chi connectivity index (χ1n) is 10.5. The molecule has 0 fully saturated rings. The van der Waals surface area contributed by atoms with Gasteiger partial charge in [0.05, 0.1) is 22.1 Å². The van der Waals surface area contributed by atoms with Crippen LogP contribution in [-0.4, -0.2) is 44.1 Å². The fourth-order valence-corrected chi connectivity index (χ4v) is 4.74. The molecule has 0 saturated carbocycles. The molecule has 0 aliphatic rings. The van der Waals surface area contributed by atoms with Gasteiger partial charge in [-0.25, -0.2) is 8.42 Å². The van der Waals surface area contributed by atoms with E-state index in [0.29, 0.717) is 0 Å². The number of pyridine rings is 1. The van der Waals surface area contributed by atoms with Gasteiger partial charge in [-0.05, 0) is 42.3 Å². The van der Waals surface area contributed by atoms with Gasteiger partial charge < -0.3 is 9.47 Å². The summed E-state index contributed by atoms with van der Waals surface area (Å²) in [6, 6.07) is 10.2. The highest BCUT2D eigenvalue weighted by atomic mass is 32.2. The molecule has 188 valence electrons. The Kier molecular flexibility index (Phi) is 7.13. The lowest BCUT2D eigenvalue weighted by atomic mass is 9.98. The van der Waals surface area contributed by atoms with Crippen molar-refractivity contribution < 1.29 is 26.4 Å². The summed E-state index contributed by atoms with van der Waals surface area (Å²) in [7, 11) is -0.900. The number of amides is 1. The Morgan fingerprint density at radius 1 is 1.14 bits per heavy atom. The van der Waals surface area contributed by atoms with Gasteiger partial charge in [0.2, 0.25) is 5.43 Å². The molecule has 0 atom stereocenters. The van der Waals surface area contributed by atoms with E-state index in [2.05, 4.69) is 0 Å². The summed E-state index contributed by atoms with van der Waals surface area (Å²) in [6.07, 6.45) is -2.39. The van der Waals surface area contributed by atoms with E-state index >= 15 is 0 Å². The average Bonchev–Trinajstić information content (AvgIpc) is 2.79. The lowest BCUT2D eigenvalue weighted by Gasteiger charge is -2.20. The van der Waals surface area contributed by atoms with E-state index in [0.717, 1.165) is 23.3 Å². The standard InChI is InChI=1S/C25H22F3N3O4S/c1-15-22(17-6-5-7-19(11-17)25(26,27)28)23(32)20(24(33)30(2)3)14-31(15)13-18-9-8-16(12-29)10-21(18)36(4,34)35/h5-11,14H,13H2,1-4H3. The molecule has 7 nitrogen and oxygen atoms in total. The van der Waals surface area contributed by atoms with Crippen LogP contribution in [0.4, 0.5) is 13.2 Å². The number of aromatic nitrogens is 1. The van der Waals surface area contributed by atoms with Crippen molar-refractivity contribution in [3.05, 3.63) is 86.8 Å². The zero-order valence-electron chi connectivity index (χ0n) is 19.8. The summed E-state index contributed by atoms with van der Waals surface area (Å²) in [5.41, 5.74) is -1.48. The number of nitrogens with zero attached hydrogens (tertiary/aromatic N) is 3. The summed E-state index contributed by atoms with van der Waals surface area (Å²) in [5.74, 6) is -0.662. The molecule has 0 bridgehead atoms. The summed E-state index contributed by atoms with van der Waals surface area (Å²) < 4.78 is 66.3. The molecular formula is C25H22F3N3O4S. The summed E-state index contributed by atoms with van der Waals surface area (Å²) in [5, 5.41) is 9.17. The summed E-state index contributed by atoms with van der Waals surface area (Å²) in [4.78, 5) is 27.2. The average molecular weight is 518 g/mol. The van der Waals surface area contributed by atoms with Crippen molar-refractivity contribution in [1.82, 2.24) is 9.47 Å². The minimum absolute atomic E-state index is 0.0300. The molecule has 1 heterocycles. The minimum atomic E-state index is -4.65. The summed E-state index contributed by atoms with van der Waals surface area (Å²) >= 11 is 0. The lowest BCUT2D eigenvalue weighted by molar-refractivity contribution is -0.137. The number of rotatable bonds is 5. The lowest BCUT2D eigenvalue weighted by Crippen LogP contribution is -2.30. The van der Waals surface area contributed by atoms with Gasteiger partial charge in [0, 0.05) is 44.4 Å². The van der Waals surface area contributed by atoms with E-state index in [1.54, 1.807) is 0 Å². The third-order valence-corrected chi connectivity index (χ3v) is 6.78. The van der Waals surface area contributed by atoms with Crippen LogP contribution >= 0.6 is 0 Å². The van der Waals surface area contributed by atoms with Crippen LogP contribution in [-0.2, 0) is 22.6 Å². The van der Waals surface area contributed by atoms with Gasteiger partial charge in [0.1, 0.15) is 5.56 Å². The molecule has 0 saturated heterocycles. The van der Waals surface area contributed by atoms with Crippen molar-refractivity contribution in [3.63, 3.8) is 0 Å². The van der Waals surface area contributed by atoms with Crippen LogP contribution in [0.15, 0.2) is 58.4 Å². The van der Waals surface area contributed by atoms with Crippen molar-refractivity contribution in [1.29, 1.82) is 5.26 Å². The van der Waals surface area contributed by atoms with E-state index in [-0.39, 0.29) is 45.0 Å². The predicted molar refractivity (Wildman–Crippen MR) is 127 cm³/mol. The van der Waals surface area contributed by atoms with E-state index in [1.165, 1.54) is 62.1 Å².